The zero-order valence-corrected chi connectivity index (χ0v) is 17.5. The predicted octanol–water partition coefficient (Wildman–Crippen LogP) is 5.31. The molecule has 0 atom stereocenters. The maximum atomic E-state index is 13.1. The van der Waals surface area contributed by atoms with Gasteiger partial charge in [-0.2, -0.15) is 13.2 Å². The number of alkyl halides is 3. The van der Waals surface area contributed by atoms with Crippen LogP contribution in [-0.2, 0) is 20.4 Å². The molecule has 1 heterocycles. The van der Waals surface area contributed by atoms with Crippen LogP contribution in [0.5, 0.6) is 0 Å². The molecule has 30 heavy (non-hydrogen) atoms. The lowest BCUT2D eigenvalue weighted by Gasteiger charge is -2.30. The number of benzene rings is 1. The Hall–Kier alpha value is -2.77. The van der Waals surface area contributed by atoms with Gasteiger partial charge in [-0.15, -0.1) is 0 Å². The van der Waals surface area contributed by atoms with Crippen LogP contribution < -0.4 is 0 Å². The monoisotopic (exact) mass is 425 g/mol. The normalized spacial score (nSPS) is 15.2. The molecule has 164 valence electrons. The number of ether oxygens (including phenoxy) is 2. The first kappa shape index (κ1) is 23.5. The van der Waals surface area contributed by atoms with Crippen molar-refractivity contribution in [1.82, 2.24) is 4.90 Å². The van der Waals surface area contributed by atoms with E-state index in [0.29, 0.717) is 18.5 Å². The van der Waals surface area contributed by atoms with E-state index in [0.717, 1.165) is 23.8 Å². The van der Waals surface area contributed by atoms with E-state index in [2.05, 4.69) is 0 Å². The highest BCUT2D eigenvalue weighted by Gasteiger charge is 2.31. The Morgan fingerprint density at radius 1 is 1.20 bits per heavy atom. The molecule has 0 unspecified atom stereocenters. The lowest BCUT2D eigenvalue weighted by Crippen LogP contribution is -2.39. The summed E-state index contributed by atoms with van der Waals surface area (Å²) >= 11 is 0. The summed E-state index contributed by atoms with van der Waals surface area (Å²) in [5, 5.41) is 0. The molecule has 1 aliphatic rings. The maximum Gasteiger partial charge on any atom is 0.416 e. The van der Waals surface area contributed by atoms with Crippen molar-refractivity contribution in [2.24, 2.45) is 0 Å². The van der Waals surface area contributed by atoms with E-state index < -0.39 is 29.4 Å². The molecule has 1 aromatic rings. The Labute approximate surface area is 174 Å². The number of carbonyl (C=O) groups excluding carboxylic acids is 2. The fourth-order valence-electron chi connectivity index (χ4n) is 2.92. The molecular formula is C22H26F3NO4. The summed E-state index contributed by atoms with van der Waals surface area (Å²) in [4.78, 5) is 25.4. The topological polar surface area (TPSA) is 55.8 Å². The standard InChI is InChI=1S/C22H26F3NO4/c1-5-29-19(27)9-6-16-14-17(22(23,24)25)7-8-18(16)15-10-12-26(13-11-15)20(28)30-21(2,3)4/h6-10,14H,5,11-13H2,1-4H3/b9-6+. The fraction of sp³-hybridized carbons (Fsp3) is 0.455. The van der Waals surface area contributed by atoms with Crippen molar-refractivity contribution in [1.29, 1.82) is 0 Å². The lowest BCUT2D eigenvalue weighted by atomic mass is 9.93. The number of esters is 1. The molecule has 1 aliphatic heterocycles. The van der Waals surface area contributed by atoms with E-state index in [9.17, 15) is 22.8 Å². The predicted molar refractivity (Wildman–Crippen MR) is 108 cm³/mol. The van der Waals surface area contributed by atoms with Crippen molar-refractivity contribution in [2.75, 3.05) is 19.7 Å². The lowest BCUT2D eigenvalue weighted by molar-refractivity contribution is -0.138. The second kappa shape index (κ2) is 9.36. The van der Waals surface area contributed by atoms with E-state index in [1.54, 1.807) is 33.8 Å². The number of hydrogen-bond donors (Lipinski definition) is 0. The third-order valence-corrected chi connectivity index (χ3v) is 4.27. The van der Waals surface area contributed by atoms with Crippen molar-refractivity contribution in [3.05, 3.63) is 47.0 Å². The summed E-state index contributed by atoms with van der Waals surface area (Å²) in [6, 6.07) is 3.41. The van der Waals surface area contributed by atoms with Gasteiger partial charge in [-0.1, -0.05) is 12.1 Å². The van der Waals surface area contributed by atoms with E-state index in [1.165, 1.54) is 17.0 Å². The van der Waals surface area contributed by atoms with Gasteiger partial charge < -0.3 is 14.4 Å². The van der Waals surface area contributed by atoms with Crippen LogP contribution in [0.15, 0.2) is 30.4 Å². The molecule has 0 aliphatic carbocycles. The molecule has 1 aromatic carbocycles. The van der Waals surface area contributed by atoms with Crippen molar-refractivity contribution in [2.45, 2.75) is 45.9 Å². The third-order valence-electron chi connectivity index (χ3n) is 4.27. The quantitative estimate of drug-likeness (QED) is 0.485. The van der Waals surface area contributed by atoms with Crippen molar-refractivity contribution in [3.63, 3.8) is 0 Å². The van der Waals surface area contributed by atoms with Crippen LogP contribution in [0.25, 0.3) is 11.6 Å². The van der Waals surface area contributed by atoms with Gasteiger partial charge in [0.2, 0.25) is 0 Å². The van der Waals surface area contributed by atoms with Crippen molar-refractivity contribution >= 4 is 23.7 Å². The Balaban J connectivity index is 2.30. The van der Waals surface area contributed by atoms with Gasteiger partial charge in [0.25, 0.3) is 0 Å². The molecule has 1 amide bonds. The minimum absolute atomic E-state index is 0.171. The molecule has 8 heteroatoms. The molecule has 0 aromatic heterocycles. The summed E-state index contributed by atoms with van der Waals surface area (Å²) < 4.78 is 49.6. The van der Waals surface area contributed by atoms with E-state index in [-0.39, 0.29) is 18.7 Å². The van der Waals surface area contributed by atoms with Crippen LogP contribution >= 0.6 is 0 Å². The molecule has 0 saturated carbocycles. The Morgan fingerprint density at radius 2 is 1.90 bits per heavy atom. The van der Waals surface area contributed by atoms with Gasteiger partial charge in [-0.3, -0.25) is 0 Å². The highest BCUT2D eigenvalue weighted by molar-refractivity contribution is 5.89. The van der Waals surface area contributed by atoms with E-state index in [4.69, 9.17) is 9.47 Å². The summed E-state index contributed by atoms with van der Waals surface area (Å²) in [6.07, 6.45) is -0.266. The highest BCUT2D eigenvalue weighted by atomic mass is 19.4. The maximum absolute atomic E-state index is 13.1. The molecule has 0 spiro atoms. The average Bonchev–Trinajstić information content (AvgIpc) is 2.64. The molecule has 0 N–H and O–H groups in total. The molecule has 2 rings (SSSR count). The Bertz CT molecular complexity index is 851. The first-order chi connectivity index (χ1) is 13.9. The van der Waals surface area contributed by atoms with Gasteiger partial charge in [0, 0.05) is 19.2 Å². The summed E-state index contributed by atoms with van der Waals surface area (Å²) in [7, 11) is 0. The molecule has 0 fully saturated rings. The molecule has 0 radical (unpaired) electrons. The smallest absolute Gasteiger partial charge is 0.416 e. The summed E-state index contributed by atoms with van der Waals surface area (Å²) in [6.45, 7) is 7.81. The van der Waals surface area contributed by atoms with Crippen LogP contribution in [0.2, 0.25) is 0 Å². The number of amides is 1. The SMILES string of the molecule is CCOC(=O)/C=C/c1cc(C(F)(F)F)ccc1C1=CCN(C(=O)OC(C)(C)C)CC1. The molecule has 0 saturated heterocycles. The molecular weight excluding hydrogens is 399 g/mol. The zero-order valence-electron chi connectivity index (χ0n) is 17.5. The second-order valence-electron chi connectivity index (χ2n) is 7.79. The van der Waals surface area contributed by atoms with Crippen LogP contribution in [-0.4, -0.2) is 42.3 Å². The first-order valence-electron chi connectivity index (χ1n) is 9.64. The zero-order chi connectivity index (χ0) is 22.5. The van der Waals surface area contributed by atoms with Crippen molar-refractivity contribution in [3.8, 4) is 0 Å². The van der Waals surface area contributed by atoms with Gasteiger partial charge >= 0.3 is 18.2 Å². The minimum atomic E-state index is -4.50. The van der Waals surface area contributed by atoms with Crippen LogP contribution in [0.4, 0.5) is 18.0 Å². The number of nitrogens with zero attached hydrogens (tertiary/aromatic N) is 1. The fourth-order valence-corrected chi connectivity index (χ4v) is 2.92. The summed E-state index contributed by atoms with van der Waals surface area (Å²) in [5.41, 5.74) is 0.218. The van der Waals surface area contributed by atoms with Gasteiger partial charge in [0.05, 0.1) is 12.2 Å². The van der Waals surface area contributed by atoms with E-state index in [1.807, 2.05) is 0 Å². The first-order valence-corrected chi connectivity index (χ1v) is 9.64. The number of carbonyl (C=O) groups is 2. The van der Waals surface area contributed by atoms with E-state index >= 15 is 0 Å². The van der Waals surface area contributed by atoms with Crippen molar-refractivity contribution < 1.29 is 32.2 Å². The Morgan fingerprint density at radius 3 is 2.43 bits per heavy atom. The summed E-state index contributed by atoms with van der Waals surface area (Å²) in [5.74, 6) is -0.630. The van der Waals surface area contributed by atoms with Gasteiger partial charge in [-0.25, -0.2) is 9.59 Å². The molecule has 0 bridgehead atoms. The largest absolute Gasteiger partial charge is 0.463 e. The number of hydrogen-bond acceptors (Lipinski definition) is 4. The van der Waals surface area contributed by atoms with Gasteiger partial charge in [0.15, 0.2) is 0 Å². The molecule has 5 nitrogen and oxygen atoms in total. The average molecular weight is 425 g/mol. The van der Waals surface area contributed by atoms with Gasteiger partial charge in [0.1, 0.15) is 5.60 Å². The second-order valence-corrected chi connectivity index (χ2v) is 7.79. The minimum Gasteiger partial charge on any atom is -0.463 e. The van der Waals surface area contributed by atoms with Gasteiger partial charge in [-0.05, 0) is 69.0 Å². The van der Waals surface area contributed by atoms with Crippen LogP contribution in [0, 0.1) is 0 Å². The van der Waals surface area contributed by atoms with Crippen LogP contribution in [0.3, 0.4) is 0 Å². The highest BCUT2D eigenvalue weighted by Crippen LogP contribution is 2.34. The number of rotatable bonds is 4. The van der Waals surface area contributed by atoms with Crippen LogP contribution in [0.1, 0.15) is 50.8 Å². The Kier molecular flexibility index (Phi) is 7.34. The number of halogens is 3. The third kappa shape index (κ3) is 6.64.